The van der Waals surface area contributed by atoms with Crippen molar-refractivity contribution < 1.29 is 26.3 Å². The Kier molecular flexibility index (Phi) is 5.97. The van der Waals surface area contributed by atoms with E-state index < -0.39 is 29.7 Å². The molecule has 2 aromatic rings. The second-order valence-corrected chi connectivity index (χ2v) is 7.21. The van der Waals surface area contributed by atoms with Gasteiger partial charge in [-0.05, 0) is 24.3 Å². The van der Waals surface area contributed by atoms with E-state index >= 15 is 0 Å². The lowest BCUT2D eigenvalue weighted by molar-refractivity contribution is -0.141. The molecule has 1 unspecified atom stereocenters. The molecule has 0 bridgehead atoms. The van der Waals surface area contributed by atoms with Crippen LogP contribution < -0.4 is 16.0 Å². The molecule has 2 aromatic heterocycles. The number of hydrogen-bond donors (Lipinski definition) is 3. The largest absolute Gasteiger partial charge is 0.433 e. The van der Waals surface area contributed by atoms with Gasteiger partial charge in [0.05, 0.1) is 0 Å². The predicted molar refractivity (Wildman–Crippen MR) is 107 cm³/mol. The normalized spacial score (nSPS) is 21.9. The van der Waals surface area contributed by atoms with Gasteiger partial charge in [-0.25, -0.2) is 19.9 Å². The first-order chi connectivity index (χ1) is 15.6. The van der Waals surface area contributed by atoms with Gasteiger partial charge in [0, 0.05) is 38.1 Å². The highest BCUT2D eigenvalue weighted by Crippen LogP contribution is 2.31. The summed E-state index contributed by atoms with van der Waals surface area (Å²) < 4.78 is 78.8. The van der Waals surface area contributed by atoms with E-state index in [1.54, 1.807) is 4.90 Å². The van der Waals surface area contributed by atoms with Gasteiger partial charge in [0.2, 0.25) is 0 Å². The summed E-state index contributed by atoms with van der Waals surface area (Å²) in [5.41, 5.74) is -2.24. The molecule has 3 N–H and O–H groups in total. The van der Waals surface area contributed by atoms with Crippen molar-refractivity contribution in [2.75, 3.05) is 31.5 Å². The first-order valence-electron chi connectivity index (χ1n) is 9.78. The summed E-state index contributed by atoms with van der Waals surface area (Å²) in [7, 11) is 0. The third-order valence-corrected chi connectivity index (χ3v) is 4.95. The van der Waals surface area contributed by atoms with Gasteiger partial charge in [0.15, 0.2) is 5.84 Å². The number of alkyl halides is 6. The maximum Gasteiger partial charge on any atom is 0.433 e. The third kappa shape index (κ3) is 5.06. The molecule has 0 aromatic carbocycles. The molecule has 0 saturated carbocycles. The van der Waals surface area contributed by atoms with Gasteiger partial charge in [-0.1, -0.05) is 6.07 Å². The number of hydrogen-bond acceptors (Lipinski definition) is 8. The number of nitrogens with zero attached hydrogens (tertiary/aromatic N) is 5. The minimum absolute atomic E-state index is 0.0211. The molecule has 2 aliphatic heterocycles. The SMILES string of the molecule is FC(F)(F)c1cc(NC2(N3CCNCC3)N=CN=C(c3cccc(C(F)(F)F)n3)N2)ccn1. The predicted octanol–water partition coefficient (Wildman–Crippen LogP) is 2.52. The van der Waals surface area contributed by atoms with Crippen molar-refractivity contribution in [1.29, 1.82) is 0 Å². The number of amidine groups is 1. The molecule has 0 spiro atoms. The van der Waals surface area contributed by atoms with Gasteiger partial charge < -0.3 is 16.0 Å². The van der Waals surface area contributed by atoms with Crippen LogP contribution >= 0.6 is 0 Å². The second kappa shape index (κ2) is 8.59. The van der Waals surface area contributed by atoms with Crippen LogP contribution in [0.2, 0.25) is 0 Å². The molecular weight excluding hydrogens is 454 g/mol. The summed E-state index contributed by atoms with van der Waals surface area (Å²) in [5, 5.41) is 9.04. The summed E-state index contributed by atoms with van der Waals surface area (Å²) in [4.78, 5) is 17.1. The maximum atomic E-state index is 13.1. The van der Waals surface area contributed by atoms with Gasteiger partial charge in [-0.15, -0.1) is 0 Å². The number of halogens is 6. The Balaban J connectivity index is 1.69. The average Bonchev–Trinajstić information content (AvgIpc) is 2.79. The van der Waals surface area contributed by atoms with E-state index in [0.717, 1.165) is 24.7 Å². The number of pyridine rings is 2. The van der Waals surface area contributed by atoms with Crippen LogP contribution in [0.25, 0.3) is 0 Å². The zero-order valence-corrected chi connectivity index (χ0v) is 16.9. The standard InChI is InChI=1S/C19H18F6N8/c20-17(21,22)14-3-1-2-13(30-14)16-28-11-29-19(32-16,33-8-6-26-7-9-33)31-12-4-5-27-15(10-12)18(23,24)25/h1-5,10-11,26H,6-9H2,(H,27,31)(H,28,29,32). The smallest absolute Gasteiger partial charge is 0.331 e. The number of nitrogens with one attached hydrogen (secondary N) is 3. The van der Waals surface area contributed by atoms with E-state index in [1.807, 2.05) is 0 Å². The van der Waals surface area contributed by atoms with Crippen LogP contribution in [-0.2, 0) is 12.4 Å². The van der Waals surface area contributed by atoms with Gasteiger partial charge in [-0.2, -0.15) is 26.3 Å². The zero-order chi connectivity index (χ0) is 23.7. The van der Waals surface area contributed by atoms with Crippen molar-refractivity contribution in [3.05, 3.63) is 53.6 Å². The highest BCUT2D eigenvalue weighted by Gasteiger charge is 2.41. The van der Waals surface area contributed by atoms with Crippen molar-refractivity contribution >= 4 is 17.9 Å². The Morgan fingerprint density at radius 2 is 1.70 bits per heavy atom. The van der Waals surface area contributed by atoms with Crippen LogP contribution in [-0.4, -0.2) is 59.1 Å². The number of aliphatic imine (C=N–C) groups is 2. The number of rotatable bonds is 4. The van der Waals surface area contributed by atoms with E-state index in [9.17, 15) is 26.3 Å². The van der Waals surface area contributed by atoms with Crippen molar-refractivity contribution in [2.45, 2.75) is 18.3 Å². The molecule has 4 rings (SSSR count). The van der Waals surface area contributed by atoms with E-state index in [1.165, 1.54) is 18.2 Å². The lowest BCUT2D eigenvalue weighted by Gasteiger charge is -2.45. The quantitative estimate of drug-likeness (QED) is 0.593. The fourth-order valence-corrected chi connectivity index (χ4v) is 3.41. The summed E-state index contributed by atoms with van der Waals surface area (Å²) >= 11 is 0. The van der Waals surface area contributed by atoms with Crippen LogP contribution in [0, 0.1) is 0 Å². The molecule has 4 heterocycles. The molecule has 176 valence electrons. The molecule has 1 fully saturated rings. The van der Waals surface area contributed by atoms with Gasteiger partial charge in [0.25, 0.3) is 5.91 Å². The van der Waals surface area contributed by atoms with E-state index in [0.29, 0.717) is 26.2 Å². The number of anilines is 1. The second-order valence-electron chi connectivity index (χ2n) is 7.21. The first-order valence-corrected chi connectivity index (χ1v) is 9.78. The third-order valence-electron chi connectivity index (χ3n) is 4.95. The van der Waals surface area contributed by atoms with Crippen molar-refractivity contribution in [3.8, 4) is 0 Å². The highest BCUT2D eigenvalue weighted by atomic mass is 19.4. The molecule has 1 atom stereocenters. The molecule has 0 amide bonds. The lowest BCUT2D eigenvalue weighted by Crippen LogP contribution is -2.68. The van der Waals surface area contributed by atoms with E-state index in [4.69, 9.17) is 0 Å². The first kappa shape index (κ1) is 22.9. The minimum Gasteiger partial charge on any atom is -0.331 e. The van der Waals surface area contributed by atoms with Crippen molar-refractivity contribution in [3.63, 3.8) is 0 Å². The Morgan fingerprint density at radius 3 is 2.39 bits per heavy atom. The lowest BCUT2D eigenvalue weighted by atomic mass is 10.2. The van der Waals surface area contributed by atoms with Crippen LogP contribution in [0.5, 0.6) is 0 Å². The molecular formula is C19H18F6N8. The Bertz CT molecular complexity index is 1060. The van der Waals surface area contributed by atoms with Crippen LogP contribution in [0.1, 0.15) is 17.1 Å². The minimum atomic E-state index is -4.66. The fourth-order valence-electron chi connectivity index (χ4n) is 3.41. The zero-order valence-electron chi connectivity index (χ0n) is 16.9. The van der Waals surface area contributed by atoms with Gasteiger partial charge in [0.1, 0.15) is 23.4 Å². The monoisotopic (exact) mass is 472 g/mol. The highest BCUT2D eigenvalue weighted by molar-refractivity contribution is 6.02. The van der Waals surface area contributed by atoms with Gasteiger partial charge in [-0.3, -0.25) is 4.98 Å². The summed E-state index contributed by atoms with van der Waals surface area (Å²) in [6.45, 7) is 2.02. The average molecular weight is 472 g/mol. The Morgan fingerprint density at radius 1 is 0.970 bits per heavy atom. The molecule has 8 nitrogen and oxygen atoms in total. The fraction of sp³-hybridized carbons (Fsp3) is 0.368. The molecule has 33 heavy (non-hydrogen) atoms. The summed E-state index contributed by atoms with van der Waals surface area (Å²) in [6.07, 6.45) is -7.17. The number of aromatic nitrogens is 2. The van der Waals surface area contributed by atoms with Crippen molar-refractivity contribution in [1.82, 2.24) is 25.5 Å². The maximum absolute atomic E-state index is 13.1. The molecule has 14 heteroatoms. The van der Waals surface area contributed by atoms with Crippen LogP contribution in [0.3, 0.4) is 0 Å². The number of piperazine rings is 1. The van der Waals surface area contributed by atoms with Gasteiger partial charge >= 0.3 is 12.4 Å². The molecule has 1 saturated heterocycles. The van der Waals surface area contributed by atoms with E-state index in [2.05, 4.69) is 35.9 Å². The molecule has 0 aliphatic carbocycles. The molecule has 2 aliphatic rings. The molecule has 0 radical (unpaired) electrons. The summed E-state index contributed by atoms with van der Waals surface area (Å²) in [6, 6.07) is 5.54. The summed E-state index contributed by atoms with van der Waals surface area (Å²) in [5.74, 6) is -1.54. The van der Waals surface area contributed by atoms with Crippen LogP contribution in [0.4, 0.5) is 32.0 Å². The van der Waals surface area contributed by atoms with Crippen LogP contribution in [0.15, 0.2) is 46.5 Å². The topological polar surface area (TPSA) is 89.8 Å². The van der Waals surface area contributed by atoms with Crippen molar-refractivity contribution in [2.24, 2.45) is 9.98 Å². The Hall–Kier alpha value is -3.26. The van der Waals surface area contributed by atoms with E-state index in [-0.39, 0.29) is 17.2 Å². The Labute approximate surface area is 183 Å².